The van der Waals surface area contributed by atoms with Crippen molar-refractivity contribution in [3.63, 3.8) is 0 Å². The first kappa shape index (κ1) is 17.9. The van der Waals surface area contributed by atoms with Crippen molar-refractivity contribution < 1.29 is 23.1 Å². The number of hydrogen-bond donors (Lipinski definition) is 2. The van der Waals surface area contributed by atoms with Gasteiger partial charge in [-0.1, -0.05) is 12.5 Å². The first-order chi connectivity index (χ1) is 11.7. The summed E-state index contributed by atoms with van der Waals surface area (Å²) in [6.45, 7) is 3.39. The van der Waals surface area contributed by atoms with Gasteiger partial charge >= 0.3 is 5.97 Å². The van der Waals surface area contributed by atoms with Crippen LogP contribution in [0, 0.1) is 18.3 Å². The lowest BCUT2D eigenvalue weighted by molar-refractivity contribution is -0.149. The van der Waals surface area contributed by atoms with Crippen LogP contribution in [0.2, 0.25) is 0 Å². The van der Waals surface area contributed by atoms with Crippen molar-refractivity contribution >= 4 is 27.6 Å². The summed E-state index contributed by atoms with van der Waals surface area (Å²) in [5.74, 6) is -1.33. The molecule has 2 fully saturated rings. The number of carboxylic acids is 1. The quantitative estimate of drug-likeness (QED) is 0.846. The predicted octanol–water partition coefficient (Wildman–Crippen LogP) is 1.83. The number of benzene rings is 1. The Morgan fingerprint density at radius 1 is 1.36 bits per heavy atom. The molecule has 8 heteroatoms. The normalized spacial score (nSPS) is 26.4. The van der Waals surface area contributed by atoms with Crippen molar-refractivity contribution in [2.24, 2.45) is 11.3 Å². The molecule has 0 unspecified atom stereocenters. The highest BCUT2D eigenvalue weighted by Crippen LogP contribution is 2.50. The van der Waals surface area contributed by atoms with Crippen molar-refractivity contribution in [2.45, 2.75) is 38.0 Å². The molecule has 0 radical (unpaired) electrons. The van der Waals surface area contributed by atoms with Gasteiger partial charge in [-0.2, -0.15) is 4.31 Å². The Morgan fingerprint density at radius 2 is 2.08 bits per heavy atom. The van der Waals surface area contributed by atoms with Crippen LogP contribution in [0.3, 0.4) is 0 Å². The second-order valence-electron chi connectivity index (χ2n) is 7.01. The Bertz CT molecular complexity index is 835. The number of carbonyl (C=O) groups excluding carboxylic acids is 1. The van der Waals surface area contributed by atoms with Crippen LogP contribution < -0.4 is 5.32 Å². The van der Waals surface area contributed by atoms with E-state index in [1.807, 2.05) is 0 Å². The molecule has 1 heterocycles. The molecule has 2 atom stereocenters. The summed E-state index contributed by atoms with van der Waals surface area (Å²) in [7, 11) is -3.81. The minimum absolute atomic E-state index is 0.0126. The van der Waals surface area contributed by atoms with Gasteiger partial charge in [0.2, 0.25) is 15.9 Å². The van der Waals surface area contributed by atoms with E-state index in [1.165, 1.54) is 23.4 Å². The van der Waals surface area contributed by atoms with E-state index >= 15 is 0 Å². The maximum Gasteiger partial charge on any atom is 0.311 e. The molecule has 1 saturated carbocycles. The van der Waals surface area contributed by atoms with Crippen molar-refractivity contribution in [2.75, 3.05) is 18.4 Å². The van der Waals surface area contributed by atoms with E-state index < -0.39 is 21.4 Å². The maximum atomic E-state index is 13.0. The van der Waals surface area contributed by atoms with Crippen molar-refractivity contribution in [1.82, 2.24) is 4.31 Å². The minimum Gasteiger partial charge on any atom is -0.481 e. The number of hydrogen-bond acceptors (Lipinski definition) is 4. The number of anilines is 1. The van der Waals surface area contributed by atoms with Gasteiger partial charge in [0.05, 0.1) is 10.3 Å². The highest BCUT2D eigenvalue weighted by molar-refractivity contribution is 7.89. The Labute approximate surface area is 147 Å². The largest absolute Gasteiger partial charge is 0.481 e. The van der Waals surface area contributed by atoms with E-state index in [0.29, 0.717) is 12.1 Å². The molecule has 0 aromatic heterocycles. The molecule has 1 aromatic rings. The van der Waals surface area contributed by atoms with Crippen LogP contribution in [0.15, 0.2) is 23.1 Å². The number of carbonyl (C=O) groups is 2. The summed E-state index contributed by atoms with van der Waals surface area (Å²) >= 11 is 0. The van der Waals surface area contributed by atoms with Crippen molar-refractivity contribution in [1.29, 1.82) is 0 Å². The topological polar surface area (TPSA) is 104 Å². The van der Waals surface area contributed by atoms with Crippen LogP contribution in [0.4, 0.5) is 5.69 Å². The van der Waals surface area contributed by atoms with E-state index in [4.69, 9.17) is 0 Å². The summed E-state index contributed by atoms with van der Waals surface area (Å²) in [6, 6.07) is 4.58. The zero-order valence-corrected chi connectivity index (χ0v) is 15.1. The first-order valence-electron chi connectivity index (χ1n) is 8.28. The highest BCUT2D eigenvalue weighted by Gasteiger charge is 2.57. The van der Waals surface area contributed by atoms with E-state index in [-0.39, 0.29) is 29.8 Å². The molecule has 1 saturated heterocycles. The van der Waals surface area contributed by atoms with Crippen LogP contribution in [0.25, 0.3) is 0 Å². The van der Waals surface area contributed by atoms with Crippen LogP contribution in [-0.2, 0) is 19.6 Å². The number of nitrogens with one attached hydrogen (secondary N) is 1. The van der Waals surface area contributed by atoms with E-state index in [9.17, 15) is 23.1 Å². The van der Waals surface area contributed by atoms with Crippen LogP contribution in [0.5, 0.6) is 0 Å². The van der Waals surface area contributed by atoms with Gasteiger partial charge in [-0.25, -0.2) is 8.42 Å². The number of carboxylic acid groups (broad SMARTS) is 1. The van der Waals surface area contributed by atoms with Crippen LogP contribution >= 0.6 is 0 Å². The smallest absolute Gasteiger partial charge is 0.311 e. The summed E-state index contributed by atoms with van der Waals surface area (Å²) in [4.78, 5) is 23.1. The lowest BCUT2D eigenvalue weighted by Gasteiger charge is -2.23. The molecule has 0 bridgehead atoms. The zero-order chi connectivity index (χ0) is 18.4. The van der Waals surface area contributed by atoms with Gasteiger partial charge in [0.1, 0.15) is 0 Å². The number of aryl methyl sites for hydroxylation is 1. The Morgan fingerprint density at radius 3 is 2.68 bits per heavy atom. The number of nitrogens with zero attached hydrogens (tertiary/aromatic N) is 1. The number of rotatable bonds is 4. The summed E-state index contributed by atoms with van der Waals surface area (Å²) in [6.07, 6.45) is 2.08. The number of sulfonamides is 1. The molecule has 136 valence electrons. The molecule has 2 N–H and O–H groups in total. The highest BCUT2D eigenvalue weighted by atomic mass is 32.2. The fraction of sp³-hybridized carbons (Fsp3) is 0.529. The van der Waals surface area contributed by atoms with E-state index in [0.717, 1.165) is 18.4 Å². The van der Waals surface area contributed by atoms with E-state index in [2.05, 4.69) is 5.32 Å². The molecule has 2 aliphatic rings. The number of amides is 1. The lowest BCUT2D eigenvalue weighted by Crippen LogP contribution is -2.37. The van der Waals surface area contributed by atoms with Crippen molar-refractivity contribution in [3.05, 3.63) is 23.8 Å². The molecule has 1 amide bonds. The third-order valence-electron chi connectivity index (χ3n) is 5.42. The van der Waals surface area contributed by atoms with Gasteiger partial charge < -0.3 is 10.4 Å². The van der Waals surface area contributed by atoms with Crippen LogP contribution in [0.1, 0.15) is 31.7 Å². The summed E-state index contributed by atoms with van der Waals surface area (Å²) in [5.41, 5.74) is 0.244. The van der Waals surface area contributed by atoms with Gasteiger partial charge in [0, 0.05) is 25.7 Å². The fourth-order valence-corrected chi connectivity index (χ4v) is 5.59. The third-order valence-corrected chi connectivity index (χ3v) is 7.23. The molecule has 3 rings (SSSR count). The van der Waals surface area contributed by atoms with Crippen LogP contribution in [-0.4, -0.2) is 42.8 Å². The molecule has 1 aromatic carbocycles. The lowest BCUT2D eigenvalue weighted by atomic mass is 9.81. The number of fused-ring (bicyclic) bond motifs is 1. The average molecular weight is 366 g/mol. The SMILES string of the molecule is CC(=O)Nc1cc(S(=O)(=O)N2C[C@@H]3CCC[C@@]3(C(=O)O)C2)ccc1C. The Kier molecular flexibility index (Phi) is 4.36. The zero-order valence-electron chi connectivity index (χ0n) is 14.3. The molecule has 1 aliphatic heterocycles. The summed E-state index contributed by atoms with van der Waals surface area (Å²) < 4.78 is 27.3. The third kappa shape index (κ3) is 2.93. The number of aliphatic carboxylic acids is 1. The standard InChI is InChI=1S/C17H22N2O5S/c1-11-5-6-14(8-15(11)18-12(2)20)25(23,24)19-9-13-4-3-7-17(13,10-19)16(21)22/h5-6,8,13H,3-4,7,9-10H2,1-2H3,(H,18,20)(H,21,22)/t13-,17+/m0/s1. The molecular weight excluding hydrogens is 344 g/mol. The minimum atomic E-state index is -3.81. The average Bonchev–Trinajstić information content (AvgIpc) is 3.07. The first-order valence-corrected chi connectivity index (χ1v) is 9.72. The van der Waals surface area contributed by atoms with Gasteiger partial charge in [-0.05, 0) is 43.4 Å². The van der Waals surface area contributed by atoms with E-state index in [1.54, 1.807) is 13.0 Å². The fourth-order valence-electron chi connectivity index (χ4n) is 4.01. The molecule has 7 nitrogen and oxygen atoms in total. The van der Waals surface area contributed by atoms with Gasteiger partial charge in [0.15, 0.2) is 0 Å². The molecular formula is C17H22N2O5S. The molecule has 25 heavy (non-hydrogen) atoms. The molecule has 0 spiro atoms. The second-order valence-corrected chi connectivity index (χ2v) is 8.94. The Hall–Kier alpha value is -1.93. The molecule has 1 aliphatic carbocycles. The maximum absolute atomic E-state index is 13.0. The second kappa shape index (κ2) is 6.10. The monoisotopic (exact) mass is 366 g/mol. The Balaban J connectivity index is 1.93. The van der Waals surface area contributed by atoms with Gasteiger partial charge in [-0.3, -0.25) is 9.59 Å². The van der Waals surface area contributed by atoms with Crippen molar-refractivity contribution in [3.8, 4) is 0 Å². The van der Waals surface area contributed by atoms with Gasteiger partial charge in [-0.15, -0.1) is 0 Å². The van der Waals surface area contributed by atoms with Gasteiger partial charge in [0.25, 0.3) is 0 Å². The summed E-state index contributed by atoms with van der Waals surface area (Å²) in [5, 5.41) is 12.3. The predicted molar refractivity (Wildman–Crippen MR) is 91.7 cm³/mol.